The number of nitrogens with zero attached hydrogens (tertiary/aromatic N) is 3. The van der Waals surface area contributed by atoms with Gasteiger partial charge < -0.3 is 15.0 Å². The van der Waals surface area contributed by atoms with E-state index in [1.807, 2.05) is 18.2 Å². The van der Waals surface area contributed by atoms with Gasteiger partial charge in [-0.1, -0.05) is 0 Å². The molecule has 6 heteroatoms. The van der Waals surface area contributed by atoms with Crippen molar-refractivity contribution in [2.45, 2.75) is 0 Å². The molecule has 2 rings (SSSR count). The summed E-state index contributed by atoms with van der Waals surface area (Å²) in [7, 11) is 0. The molecule has 102 valence electrons. The summed E-state index contributed by atoms with van der Waals surface area (Å²) in [6, 6.07) is 9.45. The molecule has 0 atom stereocenters. The third kappa shape index (κ3) is 3.51. The SMILES string of the molecule is N#CC(C#N)=CNc1ccc(N2CCOCC2)c(Br)c1. The van der Waals surface area contributed by atoms with Gasteiger partial charge in [0.15, 0.2) is 0 Å². The zero-order valence-corrected chi connectivity index (χ0v) is 12.4. The fourth-order valence-electron chi connectivity index (χ4n) is 1.90. The topological polar surface area (TPSA) is 72.1 Å². The Labute approximate surface area is 126 Å². The number of allylic oxidation sites excluding steroid dienone is 1. The lowest BCUT2D eigenvalue weighted by molar-refractivity contribution is 0.122. The average Bonchev–Trinajstić information content (AvgIpc) is 2.49. The predicted octanol–water partition coefficient (Wildman–Crippen LogP) is 2.63. The van der Waals surface area contributed by atoms with Crippen LogP contribution in [0.1, 0.15) is 0 Å². The number of anilines is 2. The standard InChI is InChI=1S/C14H13BrN4O/c15-13-7-12(18-10-11(8-16)9-17)1-2-14(13)19-3-5-20-6-4-19/h1-2,7,10,18H,3-6H2. The lowest BCUT2D eigenvalue weighted by atomic mass is 10.2. The first-order valence-corrected chi connectivity index (χ1v) is 6.93. The van der Waals surface area contributed by atoms with Gasteiger partial charge in [0.05, 0.1) is 18.9 Å². The van der Waals surface area contributed by atoms with Crippen LogP contribution in [-0.2, 0) is 4.74 Å². The van der Waals surface area contributed by atoms with Gasteiger partial charge in [-0.3, -0.25) is 0 Å². The van der Waals surface area contributed by atoms with E-state index < -0.39 is 0 Å². The van der Waals surface area contributed by atoms with E-state index in [0.29, 0.717) is 0 Å². The zero-order valence-electron chi connectivity index (χ0n) is 10.8. The normalized spacial score (nSPS) is 14.1. The van der Waals surface area contributed by atoms with Crippen molar-refractivity contribution in [1.29, 1.82) is 10.5 Å². The molecule has 1 fully saturated rings. The smallest absolute Gasteiger partial charge is 0.145 e. The van der Waals surface area contributed by atoms with Gasteiger partial charge in [0, 0.05) is 29.4 Å². The Balaban J connectivity index is 2.12. The number of benzene rings is 1. The van der Waals surface area contributed by atoms with Crippen molar-refractivity contribution in [2.75, 3.05) is 36.5 Å². The summed E-state index contributed by atoms with van der Waals surface area (Å²) in [5.41, 5.74) is 1.97. The van der Waals surface area contributed by atoms with Crippen molar-refractivity contribution in [1.82, 2.24) is 0 Å². The summed E-state index contributed by atoms with van der Waals surface area (Å²) in [6.07, 6.45) is 1.40. The highest BCUT2D eigenvalue weighted by Crippen LogP contribution is 2.29. The molecule has 0 saturated carbocycles. The first-order valence-electron chi connectivity index (χ1n) is 6.13. The lowest BCUT2D eigenvalue weighted by Gasteiger charge is -2.29. The minimum atomic E-state index is 0.0402. The number of morpholine rings is 1. The third-order valence-electron chi connectivity index (χ3n) is 2.92. The molecule has 1 aliphatic rings. The van der Waals surface area contributed by atoms with Crippen molar-refractivity contribution in [3.05, 3.63) is 34.4 Å². The van der Waals surface area contributed by atoms with E-state index in [2.05, 4.69) is 26.1 Å². The molecular formula is C14H13BrN4O. The highest BCUT2D eigenvalue weighted by atomic mass is 79.9. The Bertz CT molecular complexity index is 578. The molecule has 5 nitrogen and oxygen atoms in total. The Kier molecular flexibility index (Phi) is 5.00. The van der Waals surface area contributed by atoms with Crippen molar-refractivity contribution in [3.8, 4) is 12.1 Å². The van der Waals surface area contributed by atoms with Gasteiger partial charge in [0.2, 0.25) is 0 Å². The Hall–Kier alpha value is -2.02. The van der Waals surface area contributed by atoms with Crippen LogP contribution in [0.5, 0.6) is 0 Å². The molecule has 1 N–H and O–H groups in total. The van der Waals surface area contributed by atoms with Gasteiger partial charge in [-0.2, -0.15) is 10.5 Å². The molecule has 1 heterocycles. The summed E-state index contributed by atoms with van der Waals surface area (Å²) in [6.45, 7) is 3.22. The maximum atomic E-state index is 8.66. The van der Waals surface area contributed by atoms with Crippen molar-refractivity contribution < 1.29 is 4.74 Å². The van der Waals surface area contributed by atoms with Crippen LogP contribution in [0.3, 0.4) is 0 Å². The van der Waals surface area contributed by atoms with E-state index in [-0.39, 0.29) is 5.57 Å². The van der Waals surface area contributed by atoms with Crippen LogP contribution in [0.25, 0.3) is 0 Å². The first-order chi connectivity index (χ1) is 9.74. The quantitative estimate of drug-likeness (QED) is 0.861. The maximum absolute atomic E-state index is 8.66. The number of halogens is 1. The Morgan fingerprint density at radius 2 is 2.00 bits per heavy atom. The predicted molar refractivity (Wildman–Crippen MR) is 80.1 cm³/mol. The second-order valence-corrected chi connectivity index (χ2v) is 5.05. The Morgan fingerprint density at radius 3 is 2.60 bits per heavy atom. The van der Waals surface area contributed by atoms with E-state index in [1.165, 1.54) is 6.20 Å². The number of hydrogen-bond acceptors (Lipinski definition) is 5. The van der Waals surface area contributed by atoms with Crippen LogP contribution in [0.4, 0.5) is 11.4 Å². The summed E-state index contributed by atoms with van der Waals surface area (Å²) in [5, 5.41) is 20.3. The van der Waals surface area contributed by atoms with Gasteiger partial charge in [-0.15, -0.1) is 0 Å². The zero-order chi connectivity index (χ0) is 14.4. The molecule has 20 heavy (non-hydrogen) atoms. The first kappa shape index (κ1) is 14.4. The highest BCUT2D eigenvalue weighted by Gasteiger charge is 2.13. The molecule has 0 radical (unpaired) electrons. The fourth-order valence-corrected chi connectivity index (χ4v) is 2.53. The molecular weight excluding hydrogens is 320 g/mol. The molecule has 0 unspecified atom stereocenters. The van der Waals surface area contributed by atoms with Crippen molar-refractivity contribution >= 4 is 27.3 Å². The van der Waals surface area contributed by atoms with Crippen molar-refractivity contribution in [3.63, 3.8) is 0 Å². The number of nitriles is 2. The van der Waals surface area contributed by atoms with E-state index in [0.717, 1.165) is 42.2 Å². The van der Waals surface area contributed by atoms with E-state index in [4.69, 9.17) is 15.3 Å². The van der Waals surface area contributed by atoms with E-state index in [9.17, 15) is 0 Å². The number of hydrogen-bond donors (Lipinski definition) is 1. The number of ether oxygens (including phenoxy) is 1. The van der Waals surface area contributed by atoms with Gasteiger partial charge >= 0.3 is 0 Å². The maximum Gasteiger partial charge on any atom is 0.145 e. The summed E-state index contributed by atoms with van der Waals surface area (Å²) < 4.78 is 6.30. The molecule has 0 aromatic heterocycles. The summed E-state index contributed by atoms with van der Waals surface area (Å²) in [5.74, 6) is 0. The van der Waals surface area contributed by atoms with Crippen LogP contribution in [0, 0.1) is 22.7 Å². The molecule has 1 saturated heterocycles. The molecule has 0 bridgehead atoms. The largest absolute Gasteiger partial charge is 0.378 e. The van der Waals surface area contributed by atoms with Gasteiger partial charge in [0.25, 0.3) is 0 Å². The minimum absolute atomic E-state index is 0.0402. The number of rotatable bonds is 3. The molecule has 0 amide bonds. The number of nitrogens with one attached hydrogen (secondary N) is 1. The van der Waals surface area contributed by atoms with Crippen LogP contribution in [0.15, 0.2) is 34.4 Å². The molecule has 0 aliphatic carbocycles. The second-order valence-electron chi connectivity index (χ2n) is 4.19. The molecule has 1 aromatic carbocycles. The van der Waals surface area contributed by atoms with Crippen molar-refractivity contribution in [2.24, 2.45) is 0 Å². The fraction of sp³-hybridized carbons (Fsp3) is 0.286. The average molecular weight is 333 g/mol. The monoisotopic (exact) mass is 332 g/mol. The van der Waals surface area contributed by atoms with E-state index >= 15 is 0 Å². The van der Waals surface area contributed by atoms with Gasteiger partial charge in [0.1, 0.15) is 17.7 Å². The summed E-state index contributed by atoms with van der Waals surface area (Å²) in [4.78, 5) is 2.25. The Morgan fingerprint density at radius 1 is 1.30 bits per heavy atom. The van der Waals surface area contributed by atoms with Gasteiger partial charge in [-0.05, 0) is 34.1 Å². The minimum Gasteiger partial charge on any atom is -0.378 e. The molecule has 1 aliphatic heterocycles. The highest BCUT2D eigenvalue weighted by molar-refractivity contribution is 9.10. The second kappa shape index (κ2) is 6.95. The van der Waals surface area contributed by atoms with Crippen LogP contribution in [-0.4, -0.2) is 26.3 Å². The lowest BCUT2D eigenvalue weighted by Crippen LogP contribution is -2.36. The molecule has 1 aromatic rings. The van der Waals surface area contributed by atoms with E-state index in [1.54, 1.807) is 12.1 Å². The van der Waals surface area contributed by atoms with Gasteiger partial charge in [-0.25, -0.2) is 0 Å². The molecule has 0 spiro atoms. The van der Waals surface area contributed by atoms with Crippen LogP contribution in [0.2, 0.25) is 0 Å². The summed E-state index contributed by atoms with van der Waals surface area (Å²) >= 11 is 3.55. The van der Waals surface area contributed by atoms with Crippen LogP contribution >= 0.6 is 15.9 Å². The van der Waals surface area contributed by atoms with Crippen LogP contribution < -0.4 is 10.2 Å². The third-order valence-corrected chi connectivity index (χ3v) is 3.56.